The maximum absolute atomic E-state index is 12.4. The summed E-state index contributed by atoms with van der Waals surface area (Å²) in [5, 5.41) is 27.8. The van der Waals surface area contributed by atoms with Crippen molar-refractivity contribution in [2.24, 2.45) is 11.3 Å². The van der Waals surface area contributed by atoms with Gasteiger partial charge in [-0.3, -0.25) is 4.79 Å². The first-order valence-electron chi connectivity index (χ1n) is 10.4. The molecule has 0 spiro atoms. The summed E-state index contributed by atoms with van der Waals surface area (Å²) in [6.45, 7) is 0.339. The lowest BCUT2D eigenvalue weighted by Gasteiger charge is -2.23. The zero-order chi connectivity index (χ0) is 23.5. The van der Waals surface area contributed by atoms with Gasteiger partial charge in [-0.25, -0.2) is 4.98 Å². The molecular formula is C21H22Cl2N6O4. The summed E-state index contributed by atoms with van der Waals surface area (Å²) < 4.78 is 7.06. The lowest BCUT2D eigenvalue weighted by Crippen LogP contribution is -2.41. The second-order valence-electron chi connectivity index (χ2n) is 8.33. The van der Waals surface area contributed by atoms with Crippen LogP contribution in [0.25, 0.3) is 11.2 Å². The van der Waals surface area contributed by atoms with Crippen LogP contribution in [0.5, 0.6) is 5.75 Å². The molecule has 1 amide bonds. The molecule has 0 saturated heterocycles. The Hall–Kier alpha value is -2.66. The van der Waals surface area contributed by atoms with E-state index in [1.807, 2.05) is 0 Å². The van der Waals surface area contributed by atoms with Crippen molar-refractivity contribution in [1.82, 2.24) is 24.8 Å². The van der Waals surface area contributed by atoms with Gasteiger partial charge in [0.15, 0.2) is 17.0 Å². The van der Waals surface area contributed by atoms with Crippen LogP contribution in [0.1, 0.15) is 18.0 Å². The van der Waals surface area contributed by atoms with E-state index < -0.39 is 23.7 Å². The molecule has 1 aromatic carbocycles. The highest BCUT2D eigenvalue weighted by Gasteiger charge is 2.75. The third-order valence-electron chi connectivity index (χ3n) is 6.73. The van der Waals surface area contributed by atoms with E-state index in [0.717, 1.165) is 5.56 Å². The normalized spacial score (nSPS) is 27.9. The Kier molecular flexibility index (Phi) is 5.36. The molecule has 2 heterocycles. The van der Waals surface area contributed by atoms with Gasteiger partial charge >= 0.3 is 0 Å². The zero-order valence-electron chi connectivity index (χ0n) is 17.8. The minimum atomic E-state index is -1.19. The fourth-order valence-corrected chi connectivity index (χ4v) is 5.44. The van der Waals surface area contributed by atoms with Crippen molar-refractivity contribution in [2.75, 3.05) is 19.5 Å². The van der Waals surface area contributed by atoms with E-state index in [0.29, 0.717) is 40.7 Å². The first kappa shape index (κ1) is 22.1. The van der Waals surface area contributed by atoms with E-state index in [1.165, 1.54) is 13.4 Å². The number of hydrogen-bond acceptors (Lipinski definition) is 8. The van der Waals surface area contributed by atoms with Gasteiger partial charge in [0.25, 0.3) is 0 Å². The highest BCUT2D eigenvalue weighted by atomic mass is 35.5. The third-order valence-corrected chi connectivity index (χ3v) is 7.13. The third kappa shape index (κ3) is 3.31. The average molecular weight is 493 g/mol. The number of imidazole rings is 1. The Morgan fingerprint density at radius 2 is 2.12 bits per heavy atom. The monoisotopic (exact) mass is 492 g/mol. The van der Waals surface area contributed by atoms with Gasteiger partial charge in [-0.15, -0.1) is 0 Å². The summed E-state index contributed by atoms with van der Waals surface area (Å²) in [7, 11) is 3.09. The van der Waals surface area contributed by atoms with Crippen LogP contribution in [-0.4, -0.2) is 62.0 Å². The molecule has 0 aliphatic heterocycles. The number of carbonyl (C=O) groups is 1. The van der Waals surface area contributed by atoms with E-state index in [1.54, 1.807) is 29.9 Å². The Labute approximate surface area is 198 Å². The number of rotatable bonds is 6. The predicted molar refractivity (Wildman–Crippen MR) is 121 cm³/mol. The van der Waals surface area contributed by atoms with E-state index in [-0.39, 0.29) is 17.1 Å². The molecule has 2 saturated carbocycles. The molecule has 0 unspecified atom stereocenters. The van der Waals surface area contributed by atoms with Crippen molar-refractivity contribution in [3.63, 3.8) is 0 Å². The minimum Gasteiger partial charge on any atom is -0.496 e. The van der Waals surface area contributed by atoms with Crippen molar-refractivity contribution in [3.8, 4) is 5.75 Å². The maximum atomic E-state index is 12.4. The van der Waals surface area contributed by atoms with Crippen molar-refractivity contribution in [3.05, 3.63) is 40.4 Å². The molecule has 174 valence electrons. The second-order valence-corrected chi connectivity index (χ2v) is 9.11. The highest BCUT2D eigenvalue weighted by Crippen LogP contribution is 2.67. The molecule has 0 bridgehead atoms. The number of hydrogen-bond donors (Lipinski definition) is 4. The quantitative estimate of drug-likeness (QED) is 0.382. The number of ether oxygens (including phenoxy) is 1. The van der Waals surface area contributed by atoms with Crippen LogP contribution in [0, 0.1) is 11.3 Å². The molecule has 5 atom stereocenters. The summed E-state index contributed by atoms with van der Waals surface area (Å²) in [6.07, 6.45) is -0.345. The van der Waals surface area contributed by atoms with Gasteiger partial charge in [0.1, 0.15) is 11.9 Å². The number of anilines is 1. The van der Waals surface area contributed by atoms with E-state index in [2.05, 4.69) is 25.6 Å². The topological polar surface area (TPSA) is 134 Å². The number of aromatic nitrogens is 4. The number of amides is 1. The van der Waals surface area contributed by atoms with E-state index >= 15 is 0 Å². The Balaban J connectivity index is 1.49. The zero-order valence-corrected chi connectivity index (χ0v) is 19.3. The van der Waals surface area contributed by atoms with Crippen LogP contribution in [0.3, 0.4) is 0 Å². The summed E-state index contributed by atoms with van der Waals surface area (Å²) in [5.74, 6) is 0.528. The molecule has 2 aliphatic carbocycles. The molecule has 2 fully saturated rings. The average Bonchev–Trinajstić information content (AvgIpc) is 3.34. The van der Waals surface area contributed by atoms with Crippen LogP contribution in [0.15, 0.2) is 24.5 Å². The van der Waals surface area contributed by atoms with Crippen LogP contribution in [0.4, 0.5) is 5.82 Å². The number of nitrogens with one attached hydrogen (secondary N) is 2. The van der Waals surface area contributed by atoms with Gasteiger partial charge in [0.05, 0.1) is 31.0 Å². The van der Waals surface area contributed by atoms with Crippen LogP contribution in [0.2, 0.25) is 10.3 Å². The number of aliphatic hydroxyl groups is 2. The highest BCUT2D eigenvalue weighted by molar-refractivity contribution is 6.30. The maximum Gasteiger partial charge on any atom is 0.229 e. The SMILES string of the molecule is CNC(=O)[C@]12C[C@H]1[C@@H](n1cnc3c(NCc4cc(Cl)ccc4OC)nc(Cl)nc31)[C@H](O)[C@@H]2O. The van der Waals surface area contributed by atoms with Gasteiger partial charge in [-0.1, -0.05) is 11.6 Å². The van der Waals surface area contributed by atoms with Crippen molar-refractivity contribution < 1.29 is 19.7 Å². The van der Waals surface area contributed by atoms with Crippen LogP contribution < -0.4 is 15.4 Å². The number of fused-ring (bicyclic) bond motifs is 2. The van der Waals surface area contributed by atoms with E-state index in [4.69, 9.17) is 27.9 Å². The summed E-state index contributed by atoms with van der Waals surface area (Å²) >= 11 is 12.3. The van der Waals surface area contributed by atoms with Gasteiger partial charge in [-0.05, 0) is 36.2 Å². The Morgan fingerprint density at radius 1 is 1.33 bits per heavy atom. The first-order chi connectivity index (χ1) is 15.8. The molecule has 3 aromatic rings. The second kappa shape index (κ2) is 7.98. The smallest absolute Gasteiger partial charge is 0.229 e. The van der Waals surface area contributed by atoms with Crippen molar-refractivity contribution >= 4 is 46.1 Å². The lowest BCUT2D eigenvalue weighted by molar-refractivity contribution is -0.132. The number of nitrogens with zero attached hydrogens (tertiary/aromatic N) is 4. The predicted octanol–water partition coefficient (Wildman–Crippen LogP) is 1.78. The first-order valence-corrected chi connectivity index (χ1v) is 11.1. The van der Waals surface area contributed by atoms with Gasteiger partial charge in [-0.2, -0.15) is 9.97 Å². The number of benzene rings is 1. The van der Waals surface area contributed by atoms with Crippen LogP contribution >= 0.6 is 23.2 Å². The summed E-state index contributed by atoms with van der Waals surface area (Å²) in [6, 6.07) is 4.73. The Bertz CT molecular complexity index is 1250. The molecule has 10 nitrogen and oxygen atoms in total. The largest absolute Gasteiger partial charge is 0.496 e. The fraction of sp³-hybridized carbons (Fsp3) is 0.429. The fourth-order valence-electron chi connectivity index (χ4n) is 5.08. The van der Waals surface area contributed by atoms with Gasteiger partial charge < -0.3 is 30.2 Å². The van der Waals surface area contributed by atoms with Gasteiger partial charge in [0, 0.05) is 30.1 Å². The molecule has 5 rings (SSSR count). The molecule has 0 radical (unpaired) electrons. The standard InChI is InChI=1S/C21H22Cl2N6O4/c1-24-19(32)21-6-11(21)14(15(30)16(21)31)29-8-26-13-17(27-20(23)28-18(13)29)25-7-9-5-10(22)3-4-12(9)33-2/h3-5,8,11,14-16,30-31H,6-7H2,1-2H3,(H,24,32)(H,25,27,28)/t11-,14+,15-,16-,21+/m0/s1. The molecule has 33 heavy (non-hydrogen) atoms. The van der Waals surface area contributed by atoms with Crippen LogP contribution in [-0.2, 0) is 11.3 Å². The van der Waals surface area contributed by atoms with Crippen molar-refractivity contribution in [1.29, 1.82) is 0 Å². The van der Waals surface area contributed by atoms with Gasteiger partial charge in [0.2, 0.25) is 11.2 Å². The molecule has 2 aliphatic rings. The molecule has 4 N–H and O–H groups in total. The number of halogens is 2. The number of aliphatic hydroxyl groups excluding tert-OH is 2. The Morgan fingerprint density at radius 3 is 2.85 bits per heavy atom. The molecule has 2 aromatic heterocycles. The minimum absolute atomic E-state index is 0.00814. The summed E-state index contributed by atoms with van der Waals surface area (Å²) in [5.41, 5.74) is 0.651. The van der Waals surface area contributed by atoms with E-state index in [9.17, 15) is 15.0 Å². The molecule has 12 heteroatoms. The number of carbonyl (C=O) groups excluding carboxylic acids is 1. The molecular weight excluding hydrogens is 471 g/mol. The lowest BCUT2D eigenvalue weighted by atomic mass is 9.98. The van der Waals surface area contributed by atoms with Crippen molar-refractivity contribution in [2.45, 2.75) is 31.2 Å². The number of methoxy groups -OCH3 is 1. The summed E-state index contributed by atoms with van der Waals surface area (Å²) in [4.78, 5) is 25.5.